The van der Waals surface area contributed by atoms with Gasteiger partial charge in [0.1, 0.15) is 11.6 Å². The van der Waals surface area contributed by atoms with Crippen LogP contribution in [0.25, 0.3) is 10.9 Å². The summed E-state index contributed by atoms with van der Waals surface area (Å²) in [6.07, 6.45) is 1.48. The fraction of sp³-hybridized carbons (Fsp3) is 0.286. The van der Waals surface area contributed by atoms with Crippen molar-refractivity contribution in [3.05, 3.63) is 64.1 Å². The van der Waals surface area contributed by atoms with Crippen LogP contribution in [-0.4, -0.2) is 24.0 Å². The first-order valence-corrected chi connectivity index (χ1v) is 8.85. The summed E-state index contributed by atoms with van der Waals surface area (Å²) in [7, 11) is 0. The third-order valence-corrected chi connectivity index (χ3v) is 5.05. The number of nitrogens with one attached hydrogen (secondary N) is 2. The Kier molecular flexibility index (Phi) is 4.15. The topological polar surface area (TPSA) is 54.1 Å². The molecule has 26 heavy (non-hydrogen) atoms. The monoisotopic (exact) mass is 352 g/mol. The lowest BCUT2D eigenvalue weighted by Crippen LogP contribution is -2.26. The molecule has 0 saturated carbocycles. The number of aromatic nitrogens is 1. The van der Waals surface area contributed by atoms with Gasteiger partial charge in [0.05, 0.1) is 17.7 Å². The highest BCUT2D eigenvalue weighted by atomic mass is 19.1. The molecule has 1 aromatic heterocycles. The molecule has 0 unspecified atom stereocenters. The molecule has 2 N–H and O–H groups in total. The molecule has 0 fully saturated rings. The fourth-order valence-electron chi connectivity index (χ4n) is 3.75. The van der Waals surface area contributed by atoms with Crippen LogP contribution in [0, 0.1) is 19.7 Å². The number of fused-ring (bicyclic) bond motifs is 2. The van der Waals surface area contributed by atoms with Crippen LogP contribution in [0.3, 0.4) is 0 Å². The third kappa shape index (κ3) is 2.73. The number of para-hydroxylation sites is 1. The molecular formula is C21H21FN2O2. The van der Waals surface area contributed by atoms with Crippen LogP contribution in [0.4, 0.5) is 4.39 Å². The van der Waals surface area contributed by atoms with E-state index in [1.165, 1.54) is 6.07 Å². The smallest absolute Gasteiger partial charge is 0.255 e. The summed E-state index contributed by atoms with van der Waals surface area (Å²) in [6.45, 7) is 5.01. The first kappa shape index (κ1) is 16.6. The van der Waals surface area contributed by atoms with E-state index in [2.05, 4.69) is 10.3 Å². The summed E-state index contributed by atoms with van der Waals surface area (Å²) in [5.74, 6) is 0.316. The minimum absolute atomic E-state index is 0.135. The van der Waals surface area contributed by atoms with Crippen molar-refractivity contribution >= 4 is 16.8 Å². The zero-order valence-corrected chi connectivity index (χ0v) is 14.9. The number of benzene rings is 2. The summed E-state index contributed by atoms with van der Waals surface area (Å²) in [5.41, 5.74) is 5.21. The predicted octanol–water partition coefficient (Wildman–Crippen LogP) is 3.83. The van der Waals surface area contributed by atoms with Gasteiger partial charge in [-0.3, -0.25) is 4.79 Å². The van der Waals surface area contributed by atoms with Crippen LogP contribution in [0.5, 0.6) is 5.75 Å². The second-order valence-electron chi connectivity index (χ2n) is 6.74. The van der Waals surface area contributed by atoms with Crippen molar-refractivity contribution in [3.8, 4) is 5.75 Å². The van der Waals surface area contributed by atoms with E-state index >= 15 is 0 Å². The Bertz CT molecular complexity index is 1010. The average Bonchev–Trinajstić information content (AvgIpc) is 3.23. The van der Waals surface area contributed by atoms with Gasteiger partial charge >= 0.3 is 0 Å². The van der Waals surface area contributed by atoms with E-state index < -0.39 is 0 Å². The lowest BCUT2D eigenvalue weighted by molar-refractivity contribution is 0.0951. The van der Waals surface area contributed by atoms with Gasteiger partial charge in [0, 0.05) is 24.0 Å². The van der Waals surface area contributed by atoms with Gasteiger partial charge in [0.2, 0.25) is 0 Å². The van der Waals surface area contributed by atoms with E-state index in [9.17, 15) is 9.18 Å². The molecule has 1 amide bonds. The predicted molar refractivity (Wildman–Crippen MR) is 99.4 cm³/mol. The van der Waals surface area contributed by atoms with Crippen molar-refractivity contribution < 1.29 is 13.9 Å². The second-order valence-corrected chi connectivity index (χ2v) is 6.74. The van der Waals surface area contributed by atoms with Gasteiger partial charge in [-0.05, 0) is 49.1 Å². The number of hydrogen-bond acceptors (Lipinski definition) is 2. The molecule has 4 nitrogen and oxygen atoms in total. The maximum Gasteiger partial charge on any atom is 0.255 e. The van der Waals surface area contributed by atoms with Gasteiger partial charge in [-0.25, -0.2) is 4.39 Å². The average molecular weight is 352 g/mol. The molecule has 1 aliphatic heterocycles. The van der Waals surface area contributed by atoms with Gasteiger partial charge in [0.15, 0.2) is 0 Å². The summed E-state index contributed by atoms with van der Waals surface area (Å²) >= 11 is 0. The maximum atomic E-state index is 14.0. The zero-order chi connectivity index (χ0) is 18.3. The Morgan fingerprint density at radius 3 is 2.96 bits per heavy atom. The molecule has 0 bridgehead atoms. The summed E-state index contributed by atoms with van der Waals surface area (Å²) < 4.78 is 19.6. The summed E-state index contributed by atoms with van der Waals surface area (Å²) in [4.78, 5) is 15.7. The molecule has 5 heteroatoms. The molecule has 134 valence electrons. The van der Waals surface area contributed by atoms with E-state index in [4.69, 9.17) is 4.74 Å². The number of ether oxygens (including phenoxy) is 1. The highest BCUT2D eigenvalue weighted by Gasteiger charge is 2.20. The van der Waals surface area contributed by atoms with Crippen molar-refractivity contribution in [1.82, 2.24) is 10.3 Å². The van der Waals surface area contributed by atoms with Gasteiger partial charge in [-0.15, -0.1) is 0 Å². The molecule has 2 heterocycles. The number of halogens is 1. The number of rotatable bonds is 4. The Hall–Kier alpha value is -2.82. The molecule has 3 aromatic rings. The van der Waals surface area contributed by atoms with Crippen LogP contribution < -0.4 is 10.1 Å². The Morgan fingerprint density at radius 1 is 1.27 bits per heavy atom. The standard InChI is InChI=1S/C21H21FN2O2/c1-12-6-7-17(22)19-18(12)15(13(2)24-19)8-10-23-21(25)16-5-3-4-14-9-11-26-20(14)16/h3-7,24H,8-11H2,1-2H3,(H,23,25). The lowest BCUT2D eigenvalue weighted by atomic mass is 10.0. The van der Waals surface area contributed by atoms with Crippen LogP contribution in [0.15, 0.2) is 30.3 Å². The zero-order valence-electron chi connectivity index (χ0n) is 14.9. The number of carbonyl (C=O) groups excluding carboxylic acids is 1. The minimum Gasteiger partial charge on any atom is -0.492 e. The Morgan fingerprint density at radius 2 is 2.12 bits per heavy atom. The number of aromatic amines is 1. The molecule has 4 rings (SSSR count). The Labute approximate surface area is 151 Å². The van der Waals surface area contributed by atoms with Crippen LogP contribution >= 0.6 is 0 Å². The first-order valence-electron chi connectivity index (χ1n) is 8.85. The van der Waals surface area contributed by atoms with Gasteiger partial charge in [0.25, 0.3) is 5.91 Å². The summed E-state index contributed by atoms with van der Waals surface area (Å²) in [5, 5.41) is 3.88. The van der Waals surface area contributed by atoms with E-state index in [-0.39, 0.29) is 11.7 Å². The normalized spacial score (nSPS) is 12.9. The number of aryl methyl sites for hydroxylation is 2. The van der Waals surface area contributed by atoms with Crippen LogP contribution in [0.1, 0.15) is 32.7 Å². The molecule has 0 radical (unpaired) electrons. The van der Waals surface area contributed by atoms with Crippen molar-refractivity contribution in [2.45, 2.75) is 26.7 Å². The molecule has 0 saturated heterocycles. The number of hydrogen-bond donors (Lipinski definition) is 2. The van der Waals surface area contributed by atoms with E-state index in [0.717, 1.165) is 34.2 Å². The van der Waals surface area contributed by atoms with Crippen molar-refractivity contribution in [2.75, 3.05) is 13.2 Å². The minimum atomic E-state index is -0.249. The molecule has 0 atom stereocenters. The largest absolute Gasteiger partial charge is 0.492 e. The SMILES string of the molecule is Cc1[nH]c2c(F)ccc(C)c2c1CCNC(=O)c1cccc2c1OCC2. The van der Waals surface area contributed by atoms with Crippen molar-refractivity contribution in [1.29, 1.82) is 0 Å². The van der Waals surface area contributed by atoms with E-state index in [1.807, 2.05) is 26.0 Å². The van der Waals surface area contributed by atoms with Crippen molar-refractivity contribution in [2.24, 2.45) is 0 Å². The second kappa shape index (κ2) is 6.48. The molecule has 0 aliphatic carbocycles. The maximum absolute atomic E-state index is 14.0. The lowest BCUT2D eigenvalue weighted by Gasteiger charge is -2.09. The molecule has 0 spiro atoms. The third-order valence-electron chi connectivity index (χ3n) is 5.05. The molecular weight excluding hydrogens is 331 g/mol. The Balaban J connectivity index is 1.52. The number of carbonyl (C=O) groups is 1. The van der Waals surface area contributed by atoms with Gasteiger partial charge in [-0.2, -0.15) is 0 Å². The summed E-state index contributed by atoms with van der Waals surface area (Å²) in [6, 6.07) is 8.94. The first-order chi connectivity index (χ1) is 12.6. The van der Waals surface area contributed by atoms with Gasteiger partial charge in [-0.1, -0.05) is 18.2 Å². The number of amides is 1. The highest BCUT2D eigenvalue weighted by Crippen LogP contribution is 2.30. The van der Waals surface area contributed by atoms with E-state index in [1.54, 1.807) is 12.1 Å². The highest BCUT2D eigenvalue weighted by molar-refractivity contribution is 5.97. The van der Waals surface area contributed by atoms with E-state index in [0.29, 0.717) is 36.4 Å². The molecule has 2 aromatic carbocycles. The van der Waals surface area contributed by atoms with Gasteiger partial charge < -0.3 is 15.0 Å². The molecule has 1 aliphatic rings. The van der Waals surface area contributed by atoms with Crippen molar-refractivity contribution in [3.63, 3.8) is 0 Å². The fourth-order valence-corrected chi connectivity index (χ4v) is 3.75. The van der Waals surface area contributed by atoms with Crippen LogP contribution in [0.2, 0.25) is 0 Å². The van der Waals surface area contributed by atoms with Crippen LogP contribution in [-0.2, 0) is 12.8 Å². The number of H-pyrrole nitrogens is 1. The quantitative estimate of drug-likeness (QED) is 0.750.